The van der Waals surface area contributed by atoms with Crippen molar-refractivity contribution < 1.29 is 9.47 Å². The van der Waals surface area contributed by atoms with Crippen molar-refractivity contribution >= 4 is 29.2 Å². The minimum Gasteiger partial charge on any atom is -0.486 e. The fourth-order valence-corrected chi connectivity index (χ4v) is 2.87. The highest BCUT2D eigenvalue weighted by Gasteiger charge is 2.14. The van der Waals surface area contributed by atoms with Gasteiger partial charge >= 0.3 is 0 Å². The zero-order valence-electron chi connectivity index (χ0n) is 12.9. The Balaban J connectivity index is 1.55. The highest BCUT2D eigenvalue weighted by molar-refractivity contribution is 6.43. The molecule has 128 valence electrons. The Kier molecular flexibility index (Phi) is 4.33. The van der Waals surface area contributed by atoms with Crippen molar-refractivity contribution in [3.05, 3.63) is 52.0 Å². The van der Waals surface area contributed by atoms with Gasteiger partial charge in [-0.3, -0.25) is 0 Å². The normalized spacial score (nSPS) is 12.9. The lowest BCUT2D eigenvalue weighted by atomic mass is 10.2. The first-order valence-corrected chi connectivity index (χ1v) is 8.33. The van der Waals surface area contributed by atoms with Crippen LogP contribution in [0.5, 0.6) is 11.5 Å². The third-order valence-corrected chi connectivity index (χ3v) is 4.50. The summed E-state index contributed by atoms with van der Waals surface area (Å²) < 4.78 is 12.6. The molecule has 0 atom stereocenters. The van der Waals surface area contributed by atoms with Gasteiger partial charge in [0.05, 0.1) is 15.7 Å². The predicted molar refractivity (Wildman–Crippen MR) is 93.9 cm³/mol. The van der Waals surface area contributed by atoms with Crippen molar-refractivity contribution in [3.8, 4) is 17.2 Å². The summed E-state index contributed by atoms with van der Waals surface area (Å²) in [5.41, 5.74) is 1.61. The Morgan fingerprint density at radius 3 is 2.80 bits per heavy atom. The number of nitrogens with zero attached hydrogens (tertiary/aromatic N) is 4. The molecule has 0 amide bonds. The number of hydrogen-bond donors (Lipinski definition) is 1. The number of aromatic nitrogens is 4. The number of benzene rings is 2. The first-order valence-electron chi connectivity index (χ1n) is 7.57. The van der Waals surface area contributed by atoms with Crippen molar-refractivity contribution in [2.24, 2.45) is 0 Å². The first kappa shape index (κ1) is 16.0. The monoisotopic (exact) mass is 377 g/mol. The Labute approximate surface area is 153 Å². The van der Waals surface area contributed by atoms with Crippen molar-refractivity contribution in [1.29, 1.82) is 0 Å². The smallest absolute Gasteiger partial charge is 0.248 e. The van der Waals surface area contributed by atoms with Crippen LogP contribution in [0, 0.1) is 0 Å². The number of ether oxygens (including phenoxy) is 2. The molecule has 1 aliphatic heterocycles. The number of nitrogens with one attached hydrogen (secondary N) is 1. The van der Waals surface area contributed by atoms with Crippen LogP contribution in [0.1, 0.15) is 5.56 Å². The second-order valence-corrected chi connectivity index (χ2v) is 6.10. The lowest BCUT2D eigenvalue weighted by Gasteiger charge is -2.19. The predicted octanol–water partition coefficient (Wildman–Crippen LogP) is 3.35. The molecule has 0 saturated heterocycles. The molecule has 0 radical (unpaired) electrons. The number of fused-ring (bicyclic) bond motifs is 1. The van der Waals surface area contributed by atoms with E-state index in [1.54, 1.807) is 18.2 Å². The van der Waals surface area contributed by atoms with E-state index in [9.17, 15) is 0 Å². The van der Waals surface area contributed by atoms with Gasteiger partial charge < -0.3 is 14.8 Å². The molecule has 0 aliphatic carbocycles. The number of tetrazole rings is 1. The van der Waals surface area contributed by atoms with Gasteiger partial charge in [0.2, 0.25) is 5.95 Å². The van der Waals surface area contributed by atoms with Gasteiger partial charge in [-0.25, -0.2) is 0 Å². The Bertz CT molecular complexity index is 915. The lowest BCUT2D eigenvalue weighted by Crippen LogP contribution is -2.15. The maximum atomic E-state index is 6.25. The van der Waals surface area contributed by atoms with Crippen LogP contribution in [0.4, 0.5) is 5.95 Å². The zero-order valence-corrected chi connectivity index (χ0v) is 14.5. The number of hydrogen-bond acceptors (Lipinski definition) is 6. The van der Waals surface area contributed by atoms with Gasteiger partial charge in [-0.05, 0) is 40.3 Å². The van der Waals surface area contributed by atoms with Gasteiger partial charge in [0.25, 0.3) is 0 Å². The molecule has 3 aromatic rings. The van der Waals surface area contributed by atoms with Gasteiger partial charge in [0, 0.05) is 6.54 Å². The third kappa shape index (κ3) is 3.20. The molecule has 0 spiro atoms. The van der Waals surface area contributed by atoms with Gasteiger partial charge in [0.1, 0.15) is 13.2 Å². The second-order valence-electron chi connectivity index (χ2n) is 5.32. The van der Waals surface area contributed by atoms with Gasteiger partial charge in [0.15, 0.2) is 11.5 Å². The van der Waals surface area contributed by atoms with E-state index >= 15 is 0 Å². The molecule has 0 saturated carbocycles. The average Bonchev–Trinajstić information content (AvgIpc) is 3.10. The van der Waals surface area contributed by atoms with Gasteiger partial charge in [-0.15, -0.1) is 0 Å². The molecule has 1 N–H and O–H groups in total. The molecule has 2 aromatic carbocycles. The third-order valence-electron chi connectivity index (χ3n) is 3.69. The minimum absolute atomic E-state index is 0.388. The summed E-state index contributed by atoms with van der Waals surface area (Å²) in [6.07, 6.45) is 0. The van der Waals surface area contributed by atoms with E-state index in [4.69, 9.17) is 32.7 Å². The summed E-state index contributed by atoms with van der Waals surface area (Å²) >= 11 is 12.3. The van der Waals surface area contributed by atoms with E-state index in [1.165, 1.54) is 4.68 Å². The summed E-state index contributed by atoms with van der Waals surface area (Å²) in [5, 5.41) is 15.7. The number of anilines is 1. The van der Waals surface area contributed by atoms with Crippen molar-refractivity contribution in [2.75, 3.05) is 18.5 Å². The van der Waals surface area contributed by atoms with Crippen LogP contribution in [0.3, 0.4) is 0 Å². The summed E-state index contributed by atoms with van der Waals surface area (Å²) in [7, 11) is 0. The summed E-state index contributed by atoms with van der Waals surface area (Å²) in [6.45, 7) is 1.63. The molecule has 1 aromatic heterocycles. The van der Waals surface area contributed by atoms with Crippen molar-refractivity contribution in [2.45, 2.75) is 6.54 Å². The maximum Gasteiger partial charge on any atom is 0.248 e. The van der Waals surface area contributed by atoms with Crippen molar-refractivity contribution in [3.63, 3.8) is 0 Å². The standard InChI is InChI=1S/C16H13Cl2N5O2/c17-11-2-1-3-12(15(11)18)23-16(20-21-22-23)19-9-10-4-5-13-14(8-10)25-7-6-24-13/h1-5,8H,6-7,9H2,(H,19,20,22). The molecule has 0 fully saturated rings. The fraction of sp³-hybridized carbons (Fsp3) is 0.188. The van der Waals surface area contributed by atoms with Gasteiger partial charge in [-0.2, -0.15) is 4.68 Å². The Morgan fingerprint density at radius 1 is 1.08 bits per heavy atom. The van der Waals surface area contributed by atoms with Crippen LogP contribution >= 0.6 is 23.2 Å². The molecule has 4 rings (SSSR count). The van der Waals surface area contributed by atoms with Crippen LogP contribution in [-0.4, -0.2) is 33.4 Å². The Morgan fingerprint density at radius 2 is 1.92 bits per heavy atom. The van der Waals surface area contributed by atoms with Crippen LogP contribution in [0.15, 0.2) is 36.4 Å². The molecular weight excluding hydrogens is 365 g/mol. The van der Waals surface area contributed by atoms with E-state index in [0.29, 0.717) is 41.4 Å². The summed E-state index contributed by atoms with van der Waals surface area (Å²) in [4.78, 5) is 0. The SMILES string of the molecule is Clc1cccc(-n2nnnc2NCc2ccc3c(c2)OCCO3)c1Cl. The highest BCUT2D eigenvalue weighted by atomic mass is 35.5. The number of halogens is 2. The van der Waals surface area contributed by atoms with E-state index in [1.807, 2.05) is 18.2 Å². The van der Waals surface area contributed by atoms with Crippen LogP contribution < -0.4 is 14.8 Å². The minimum atomic E-state index is 0.388. The largest absolute Gasteiger partial charge is 0.486 e. The van der Waals surface area contributed by atoms with E-state index < -0.39 is 0 Å². The Hall–Kier alpha value is -2.51. The highest BCUT2D eigenvalue weighted by Crippen LogP contribution is 2.31. The zero-order chi connectivity index (χ0) is 17.2. The molecule has 7 nitrogen and oxygen atoms in total. The van der Waals surface area contributed by atoms with Crippen molar-refractivity contribution in [1.82, 2.24) is 20.2 Å². The van der Waals surface area contributed by atoms with Gasteiger partial charge in [-0.1, -0.05) is 40.4 Å². The molecule has 1 aliphatic rings. The quantitative estimate of drug-likeness (QED) is 0.751. The molecular formula is C16H13Cl2N5O2. The molecule has 2 heterocycles. The first-order chi connectivity index (χ1) is 12.2. The maximum absolute atomic E-state index is 6.25. The van der Waals surface area contributed by atoms with E-state index in [0.717, 1.165) is 17.1 Å². The van der Waals surface area contributed by atoms with Crippen LogP contribution in [0.2, 0.25) is 10.0 Å². The molecule has 9 heteroatoms. The van der Waals surface area contributed by atoms with E-state index in [2.05, 4.69) is 20.8 Å². The summed E-state index contributed by atoms with van der Waals surface area (Å²) in [5.74, 6) is 1.95. The topological polar surface area (TPSA) is 74.1 Å². The molecule has 0 bridgehead atoms. The number of rotatable bonds is 4. The lowest BCUT2D eigenvalue weighted by molar-refractivity contribution is 0.171. The summed E-state index contributed by atoms with van der Waals surface area (Å²) in [6, 6.07) is 11.1. The van der Waals surface area contributed by atoms with E-state index in [-0.39, 0.29) is 0 Å². The second kappa shape index (κ2) is 6.78. The van der Waals surface area contributed by atoms with Crippen LogP contribution in [0.25, 0.3) is 5.69 Å². The molecule has 0 unspecified atom stereocenters. The average molecular weight is 378 g/mol. The fourth-order valence-electron chi connectivity index (χ4n) is 2.49. The molecule has 25 heavy (non-hydrogen) atoms. The van der Waals surface area contributed by atoms with Crippen LogP contribution in [-0.2, 0) is 6.54 Å².